The molecule has 1 aromatic heterocycles. The number of methoxy groups -OCH3 is 1. The molecule has 0 spiro atoms. The second-order valence-corrected chi connectivity index (χ2v) is 6.47. The van der Waals surface area contributed by atoms with Crippen LogP contribution >= 0.6 is 0 Å². The van der Waals surface area contributed by atoms with Gasteiger partial charge in [0.05, 0.1) is 13.2 Å². The van der Waals surface area contributed by atoms with Crippen LogP contribution < -0.4 is 11.1 Å². The summed E-state index contributed by atoms with van der Waals surface area (Å²) in [4.78, 5) is 11.7. The molecule has 0 aliphatic heterocycles. The predicted octanol–water partition coefficient (Wildman–Crippen LogP) is 1.49. The lowest BCUT2D eigenvalue weighted by Crippen LogP contribution is -2.27. The average molecular weight is 380 g/mol. The zero-order chi connectivity index (χ0) is 19.9. The van der Waals surface area contributed by atoms with Gasteiger partial charge in [-0.3, -0.25) is 10.1 Å². The summed E-state index contributed by atoms with van der Waals surface area (Å²) < 4.78 is 6.22. The molecule has 2 aromatic carbocycles. The Morgan fingerprint density at radius 3 is 2.75 bits per heavy atom. The predicted molar refractivity (Wildman–Crippen MR) is 104 cm³/mol. The fourth-order valence-corrected chi connectivity index (χ4v) is 3.06. The van der Waals surface area contributed by atoms with Gasteiger partial charge in [-0.25, -0.2) is 4.68 Å². The van der Waals surface area contributed by atoms with Crippen molar-refractivity contribution in [1.82, 2.24) is 25.5 Å². The minimum absolute atomic E-state index is 0.0500. The van der Waals surface area contributed by atoms with Crippen molar-refractivity contribution < 1.29 is 9.53 Å². The van der Waals surface area contributed by atoms with Gasteiger partial charge >= 0.3 is 5.97 Å². The molecule has 0 bridgehead atoms. The SMILES string of the molecule is COC(=O)Cn1nnnc1C(NCc1cccc(CN)c1)c1ccccc1C. The van der Waals surface area contributed by atoms with Gasteiger partial charge in [0.25, 0.3) is 0 Å². The number of aryl methyl sites for hydroxylation is 1. The van der Waals surface area contributed by atoms with Crippen molar-refractivity contribution in [3.8, 4) is 0 Å². The van der Waals surface area contributed by atoms with E-state index in [-0.39, 0.29) is 12.6 Å². The Hall–Kier alpha value is -3.10. The van der Waals surface area contributed by atoms with Crippen molar-refractivity contribution in [3.63, 3.8) is 0 Å². The highest BCUT2D eigenvalue weighted by Gasteiger charge is 2.23. The van der Waals surface area contributed by atoms with Gasteiger partial charge in [0.1, 0.15) is 6.54 Å². The van der Waals surface area contributed by atoms with Crippen molar-refractivity contribution in [1.29, 1.82) is 0 Å². The minimum Gasteiger partial charge on any atom is -0.468 e. The van der Waals surface area contributed by atoms with Crippen molar-refractivity contribution in [3.05, 3.63) is 76.6 Å². The number of carbonyl (C=O) groups is 1. The van der Waals surface area contributed by atoms with Crippen LogP contribution in [0.25, 0.3) is 0 Å². The molecular weight excluding hydrogens is 356 g/mol. The topological polar surface area (TPSA) is 108 Å². The normalized spacial score (nSPS) is 12.0. The lowest BCUT2D eigenvalue weighted by molar-refractivity contribution is -0.141. The molecule has 1 atom stereocenters. The van der Waals surface area contributed by atoms with E-state index in [1.54, 1.807) is 0 Å². The van der Waals surface area contributed by atoms with Crippen molar-refractivity contribution in [2.45, 2.75) is 32.6 Å². The number of tetrazole rings is 1. The van der Waals surface area contributed by atoms with E-state index in [0.29, 0.717) is 18.9 Å². The van der Waals surface area contributed by atoms with Crippen LogP contribution in [0.3, 0.4) is 0 Å². The van der Waals surface area contributed by atoms with Gasteiger partial charge in [-0.15, -0.1) is 5.10 Å². The van der Waals surface area contributed by atoms with Crippen molar-refractivity contribution in [2.75, 3.05) is 7.11 Å². The van der Waals surface area contributed by atoms with Crippen LogP contribution in [-0.2, 0) is 29.2 Å². The molecule has 8 heteroatoms. The molecule has 8 nitrogen and oxygen atoms in total. The van der Waals surface area contributed by atoms with Gasteiger partial charge in [0, 0.05) is 13.1 Å². The van der Waals surface area contributed by atoms with E-state index in [2.05, 4.69) is 26.9 Å². The Labute approximate surface area is 163 Å². The molecule has 3 aromatic rings. The zero-order valence-electron chi connectivity index (χ0n) is 16.0. The van der Waals surface area contributed by atoms with E-state index >= 15 is 0 Å². The summed E-state index contributed by atoms with van der Waals surface area (Å²) in [5, 5.41) is 15.4. The molecule has 0 saturated heterocycles. The standard InChI is InChI=1S/C20H24N6O2/c1-14-6-3-4-9-17(14)19(20-23-24-25-26(20)13-18(27)28-2)22-12-16-8-5-7-15(10-16)11-21/h3-10,19,22H,11-13,21H2,1-2H3. The first-order valence-corrected chi connectivity index (χ1v) is 9.02. The van der Waals surface area contributed by atoms with Gasteiger partial charge in [0.15, 0.2) is 5.82 Å². The number of carbonyl (C=O) groups excluding carboxylic acids is 1. The summed E-state index contributed by atoms with van der Waals surface area (Å²) in [5.41, 5.74) is 10.1. The van der Waals surface area contributed by atoms with E-state index in [1.165, 1.54) is 11.8 Å². The Morgan fingerprint density at radius 2 is 2.00 bits per heavy atom. The van der Waals surface area contributed by atoms with Gasteiger partial charge in [-0.1, -0.05) is 48.5 Å². The van der Waals surface area contributed by atoms with E-state index in [0.717, 1.165) is 22.3 Å². The van der Waals surface area contributed by atoms with E-state index in [4.69, 9.17) is 10.5 Å². The van der Waals surface area contributed by atoms with Crippen LogP contribution in [-0.4, -0.2) is 33.3 Å². The highest BCUT2D eigenvalue weighted by atomic mass is 16.5. The molecule has 3 N–H and O–H groups in total. The molecule has 28 heavy (non-hydrogen) atoms. The summed E-state index contributed by atoms with van der Waals surface area (Å²) in [5.74, 6) is 0.141. The maximum Gasteiger partial charge on any atom is 0.327 e. The molecule has 3 rings (SSSR count). The monoisotopic (exact) mass is 380 g/mol. The summed E-state index contributed by atoms with van der Waals surface area (Å²) in [6, 6.07) is 15.8. The second-order valence-electron chi connectivity index (χ2n) is 6.47. The first-order chi connectivity index (χ1) is 13.6. The lowest BCUT2D eigenvalue weighted by Gasteiger charge is -2.20. The molecule has 0 fully saturated rings. The smallest absolute Gasteiger partial charge is 0.327 e. The van der Waals surface area contributed by atoms with Gasteiger partial charge in [-0.05, 0) is 39.6 Å². The first kappa shape index (κ1) is 19.7. The number of hydrogen-bond acceptors (Lipinski definition) is 7. The maximum atomic E-state index is 11.7. The molecule has 0 radical (unpaired) electrons. The van der Waals surface area contributed by atoms with Crippen LogP contribution in [0.5, 0.6) is 0 Å². The molecule has 1 heterocycles. The Balaban J connectivity index is 1.91. The highest BCUT2D eigenvalue weighted by molar-refractivity contribution is 5.68. The third-order valence-electron chi connectivity index (χ3n) is 4.56. The fraction of sp³-hybridized carbons (Fsp3) is 0.300. The van der Waals surface area contributed by atoms with Crippen LogP contribution in [0.1, 0.15) is 34.1 Å². The summed E-state index contributed by atoms with van der Waals surface area (Å²) >= 11 is 0. The maximum absolute atomic E-state index is 11.7. The number of benzene rings is 2. The molecule has 146 valence electrons. The lowest BCUT2D eigenvalue weighted by atomic mass is 10.00. The van der Waals surface area contributed by atoms with Crippen molar-refractivity contribution in [2.24, 2.45) is 5.73 Å². The Kier molecular flexibility index (Phi) is 6.46. The van der Waals surface area contributed by atoms with E-state index in [1.807, 2.05) is 49.4 Å². The Morgan fingerprint density at radius 1 is 1.21 bits per heavy atom. The number of rotatable bonds is 8. The fourth-order valence-electron chi connectivity index (χ4n) is 3.06. The number of ether oxygens (including phenoxy) is 1. The number of nitrogens with two attached hydrogens (primary N) is 1. The molecular formula is C20H24N6O2. The van der Waals surface area contributed by atoms with Crippen LogP contribution in [0.2, 0.25) is 0 Å². The first-order valence-electron chi connectivity index (χ1n) is 9.02. The number of esters is 1. The minimum atomic E-state index is -0.410. The summed E-state index contributed by atoms with van der Waals surface area (Å²) in [6.45, 7) is 3.07. The van der Waals surface area contributed by atoms with Gasteiger partial charge < -0.3 is 10.5 Å². The molecule has 0 aliphatic carbocycles. The van der Waals surface area contributed by atoms with E-state index < -0.39 is 5.97 Å². The molecule has 1 unspecified atom stereocenters. The van der Waals surface area contributed by atoms with Gasteiger partial charge in [-0.2, -0.15) is 0 Å². The van der Waals surface area contributed by atoms with E-state index in [9.17, 15) is 4.79 Å². The second kappa shape index (κ2) is 9.20. The van der Waals surface area contributed by atoms with Crippen LogP contribution in [0, 0.1) is 6.92 Å². The quantitative estimate of drug-likeness (QED) is 0.570. The van der Waals surface area contributed by atoms with Gasteiger partial charge in [0.2, 0.25) is 0 Å². The number of aromatic nitrogens is 4. The summed E-state index contributed by atoms with van der Waals surface area (Å²) in [7, 11) is 1.34. The number of hydrogen-bond donors (Lipinski definition) is 2. The third-order valence-corrected chi connectivity index (χ3v) is 4.56. The zero-order valence-corrected chi connectivity index (χ0v) is 16.0. The van der Waals surface area contributed by atoms with Crippen LogP contribution in [0.15, 0.2) is 48.5 Å². The van der Waals surface area contributed by atoms with Crippen LogP contribution in [0.4, 0.5) is 0 Å². The van der Waals surface area contributed by atoms with Crippen molar-refractivity contribution >= 4 is 5.97 Å². The highest BCUT2D eigenvalue weighted by Crippen LogP contribution is 2.24. The average Bonchev–Trinajstić information content (AvgIpc) is 3.17. The Bertz CT molecular complexity index is 940. The molecule has 0 aliphatic rings. The number of nitrogens with zero attached hydrogens (tertiary/aromatic N) is 4. The molecule has 0 amide bonds. The largest absolute Gasteiger partial charge is 0.468 e. The summed E-state index contributed by atoms with van der Waals surface area (Å²) in [6.07, 6.45) is 0. The molecule has 0 saturated carbocycles. The third kappa shape index (κ3) is 4.59. The number of nitrogens with one attached hydrogen (secondary N) is 1.